The highest BCUT2D eigenvalue weighted by atomic mass is 31.2. The fraction of sp³-hybridized carbons (Fsp3) is 0.806. The number of carbonyl (C=O) groups is 6. The van der Waals surface area contributed by atoms with Crippen molar-refractivity contribution >= 4 is 51.3 Å². The lowest BCUT2D eigenvalue weighted by atomic mass is 9.87. The molecule has 0 aromatic carbocycles. The van der Waals surface area contributed by atoms with Crippen molar-refractivity contribution in [2.75, 3.05) is 46.5 Å². The van der Waals surface area contributed by atoms with Gasteiger partial charge in [0.05, 0.1) is 43.5 Å². The maximum absolute atomic E-state index is 13.0. The Kier molecular flexibility index (Phi) is 16.2. The second-order valence-corrected chi connectivity index (χ2v) is 18.6. The van der Waals surface area contributed by atoms with Crippen molar-refractivity contribution in [2.24, 2.45) is 21.7 Å². The smallest absolute Gasteiger partial charge is 0.478 e. The lowest BCUT2D eigenvalue weighted by molar-refractivity contribution is -0.166. The van der Waals surface area contributed by atoms with E-state index in [1.165, 1.54) is 13.8 Å². The number of hydrogen-bond donors (Lipinski definition) is 3. The Bertz CT molecular complexity index is 1460. The highest BCUT2D eigenvalue weighted by molar-refractivity contribution is 7.48. The molecule has 0 aromatic heterocycles. The molecule has 20 nitrogen and oxygen atoms in total. The zero-order chi connectivity index (χ0) is 40.5. The lowest BCUT2D eigenvalue weighted by Crippen LogP contribution is -2.50. The molecular formula is C31H52N2O18P2. The first-order chi connectivity index (χ1) is 24.2. The molecule has 4 atom stereocenters. The molecule has 2 aliphatic heterocycles. The summed E-state index contributed by atoms with van der Waals surface area (Å²) >= 11 is 0. The van der Waals surface area contributed by atoms with E-state index in [1.807, 2.05) is 0 Å². The molecule has 53 heavy (non-hydrogen) atoms. The van der Waals surface area contributed by atoms with E-state index in [-0.39, 0.29) is 52.2 Å². The topological polar surface area (TPSA) is 264 Å². The number of phosphoric ester groups is 2. The summed E-state index contributed by atoms with van der Waals surface area (Å²) in [6.45, 7) is 11.8. The highest BCUT2D eigenvalue weighted by Gasteiger charge is 2.50. The third-order valence-electron chi connectivity index (χ3n) is 7.78. The van der Waals surface area contributed by atoms with Gasteiger partial charge in [0.15, 0.2) is 12.2 Å². The fourth-order valence-electron chi connectivity index (χ4n) is 4.25. The van der Waals surface area contributed by atoms with Crippen molar-refractivity contribution in [3.8, 4) is 0 Å². The Morgan fingerprint density at radius 2 is 1.15 bits per heavy atom. The van der Waals surface area contributed by atoms with E-state index in [1.54, 1.807) is 48.5 Å². The Morgan fingerprint density at radius 1 is 0.717 bits per heavy atom. The van der Waals surface area contributed by atoms with Gasteiger partial charge >= 0.3 is 39.5 Å². The van der Waals surface area contributed by atoms with Crippen molar-refractivity contribution in [1.82, 2.24) is 10.6 Å². The molecular weight excluding hydrogens is 750 g/mol. The number of carboxylic acid groups (broad SMARTS) is 1. The highest BCUT2D eigenvalue weighted by Crippen LogP contribution is 2.58. The summed E-state index contributed by atoms with van der Waals surface area (Å²) in [6, 6.07) is 0. The van der Waals surface area contributed by atoms with Crippen molar-refractivity contribution in [3.63, 3.8) is 0 Å². The number of carboxylic acids is 1. The number of ether oxygens (including phenoxy) is 3. The second-order valence-electron chi connectivity index (χ2n) is 15.3. The van der Waals surface area contributed by atoms with Crippen LogP contribution in [0, 0.1) is 21.7 Å². The second kappa shape index (κ2) is 18.6. The minimum Gasteiger partial charge on any atom is -0.481 e. The van der Waals surface area contributed by atoms with Crippen LogP contribution in [0.4, 0.5) is 0 Å². The van der Waals surface area contributed by atoms with E-state index in [4.69, 9.17) is 46.5 Å². The average molecular weight is 803 g/mol. The van der Waals surface area contributed by atoms with Gasteiger partial charge in [0, 0.05) is 23.9 Å². The number of rotatable bonds is 18. The van der Waals surface area contributed by atoms with Crippen LogP contribution in [0.3, 0.4) is 0 Å². The third kappa shape index (κ3) is 14.7. The van der Waals surface area contributed by atoms with Crippen LogP contribution in [0.15, 0.2) is 0 Å². The Balaban J connectivity index is 1.76. The quantitative estimate of drug-likeness (QED) is 0.0777. The van der Waals surface area contributed by atoms with Crippen LogP contribution in [-0.2, 0) is 79.3 Å². The van der Waals surface area contributed by atoms with Crippen LogP contribution in [-0.4, -0.2) is 99.5 Å². The summed E-state index contributed by atoms with van der Waals surface area (Å²) < 4.78 is 72.4. The molecule has 2 heterocycles. The normalized spacial score (nSPS) is 25.4. The zero-order valence-electron chi connectivity index (χ0n) is 31.5. The van der Waals surface area contributed by atoms with E-state index in [2.05, 4.69) is 10.6 Å². The monoisotopic (exact) mass is 802 g/mol. The van der Waals surface area contributed by atoms with E-state index < -0.39 is 98.8 Å². The van der Waals surface area contributed by atoms with Gasteiger partial charge in [-0.2, -0.15) is 0 Å². The number of aliphatic carboxylic acids is 1. The molecule has 2 saturated heterocycles. The first kappa shape index (κ1) is 46.2. The average Bonchev–Trinajstić information content (AvgIpc) is 3.02. The molecule has 2 amide bonds. The first-order valence-corrected chi connectivity index (χ1v) is 19.6. The van der Waals surface area contributed by atoms with Gasteiger partial charge in [0.2, 0.25) is 25.4 Å². The standard InChI is InChI=1S/C31H52N2O18P2/c1-28(2,3)26(39)44-18-48-52(41)46-17-31(8,9)23(51-52)25(38)33-14-11-21(36)43-15-12-29(4,5)27(40)45-19-49-53(42)47-16-30(6,7)22(50-53)24(37)32-13-10-20(34)35/h22-23H,10-19H2,1-9H3,(H,32,37)(H,33,38)(H,34,35)/t22-,23-,52-,53+/m0/s1. The summed E-state index contributed by atoms with van der Waals surface area (Å²) in [6.07, 6.45) is -3.20. The van der Waals surface area contributed by atoms with Crippen molar-refractivity contribution in [3.05, 3.63) is 0 Å². The number of amides is 2. The van der Waals surface area contributed by atoms with E-state index in [9.17, 15) is 37.9 Å². The van der Waals surface area contributed by atoms with E-state index in [0.717, 1.165) is 0 Å². The number of phosphoric acid groups is 2. The van der Waals surface area contributed by atoms with Gasteiger partial charge in [0.1, 0.15) is 0 Å². The molecule has 0 bridgehead atoms. The van der Waals surface area contributed by atoms with Gasteiger partial charge in [0.25, 0.3) is 0 Å². The van der Waals surface area contributed by atoms with Crippen LogP contribution in [0.25, 0.3) is 0 Å². The molecule has 0 spiro atoms. The molecule has 0 saturated carbocycles. The molecule has 3 N–H and O–H groups in total. The van der Waals surface area contributed by atoms with Crippen molar-refractivity contribution in [1.29, 1.82) is 0 Å². The van der Waals surface area contributed by atoms with Gasteiger partial charge < -0.3 is 30.0 Å². The molecule has 2 rings (SSSR count). The Morgan fingerprint density at radius 3 is 1.58 bits per heavy atom. The number of carbonyl (C=O) groups excluding carboxylic acids is 5. The van der Waals surface area contributed by atoms with Crippen LogP contribution >= 0.6 is 15.6 Å². The lowest BCUT2D eigenvalue weighted by Gasteiger charge is -2.39. The summed E-state index contributed by atoms with van der Waals surface area (Å²) in [5, 5.41) is 13.7. The van der Waals surface area contributed by atoms with Crippen molar-refractivity contribution in [2.45, 2.75) is 93.8 Å². The predicted molar refractivity (Wildman–Crippen MR) is 180 cm³/mol. The molecule has 304 valence electrons. The number of hydrogen-bond acceptors (Lipinski definition) is 17. The molecule has 22 heteroatoms. The summed E-state index contributed by atoms with van der Waals surface area (Å²) in [7, 11) is -8.62. The van der Waals surface area contributed by atoms with Crippen LogP contribution in [0.5, 0.6) is 0 Å². The van der Waals surface area contributed by atoms with E-state index in [0.29, 0.717) is 0 Å². The predicted octanol–water partition coefficient (Wildman–Crippen LogP) is 3.22. The Labute approximate surface area is 308 Å². The molecule has 0 aliphatic carbocycles. The molecule has 0 unspecified atom stereocenters. The maximum Gasteiger partial charge on any atom is 0.478 e. The molecule has 2 aliphatic rings. The fourth-order valence-corrected chi connectivity index (χ4v) is 7.26. The van der Waals surface area contributed by atoms with Gasteiger partial charge in [-0.3, -0.25) is 46.9 Å². The number of esters is 3. The van der Waals surface area contributed by atoms with Crippen LogP contribution in [0.1, 0.15) is 81.6 Å². The Hall–Kier alpha value is -2.96. The largest absolute Gasteiger partial charge is 0.481 e. The first-order valence-electron chi connectivity index (χ1n) is 16.6. The van der Waals surface area contributed by atoms with Gasteiger partial charge in [-0.15, -0.1) is 0 Å². The van der Waals surface area contributed by atoms with Gasteiger partial charge in [-0.1, -0.05) is 27.7 Å². The SMILES string of the molecule is CC(C)(C)C(=O)OCO[P@]1(=O)OCC(C)(C)[C@H](C(=O)NCCC(=O)OCCC(C)(C)C(=O)OCO[P@@]2(=O)OCC(C)(C)[C@H](C(=O)NCCC(=O)O)O2)O1. The minimum atomic E-state index is -4.36. The van der Waals surface area contributed by atoms with Crippen LogP contribution in [0.2, 0.25) is 0 Å². The van der Waals surface area contributed by atoms with Gasteiger partial charge in [-0.05, 0) is 41.0 Å². The molecule has 2 fully saturated rings. The summed E-state index contributed by atoms with van der Waals surface area (Å²) in [5.41, 5.74) is -3.93. The van der Waals surface area contributed by atoms with Gasteiger partial charge in [-0.25, -0.2) is 18.2 Å². The minimum absolute atomic E-state index is 0.00578. The van der Waals surface area contributed by atoms with Crippen LogP contribution < -0.4 is 10.6 Å². The van der Waals surface area contributed by atoms with E-state index >= 15 is 0 Å². The zero-order valence-corrected chi connectivity index (χ0v) is 33.3. The summed E-state index contributed by atoms with van der Waals surface area (Å²) in [4.78, 5) is 73.2. The maximum atomic E-state index is 13.0. The molecule has 0 radical (unpaired) electrons. The summed E-state index contributed by atoms with van der Waals surface area (Å²) in [5.74, 6) is -4.65. The third-order valence-corrected chi connectivity index (χ3v) is 10.4. The van der Waals surface area contributed by atoms with Crippen molar-refractivity contribution < 1.29 is 84.4 Å². The molecule has 0 aromatic rings. The number of nitrogens with one attached hydrogen (secondary N) is 2.